The van der Waals surface area contributed by atoms with Crippen LogP contribution in [0.25, 0.3) is 15.8 Å². The Morgan fingerprint density at radius 3 is 2.35 bits per heavy atom. The van der Waals surface area contributed by atoms with Crippen molar-refractivity contribution < 1.29 is 46.5 Å². The second-order valence-corrected chi connectivity index (χ2v) is 12.1. The third-order valence-corrected chi connectivity index (χ3v) is 8.75. The normalized spacial score (nSPS) is 16.1. The molecule has 1 aliphatic carbocycles. The molecule has 250 valence electrons. The largest absolute Gasteiger partial charge is 0.507 e. The molecule has 0 unspecified atom stereocenters. The topological polar surface area (TPSA) is 130 Å². The Labute approximate surface area is 275 Å². The van der Waals surface area contributed by atoms with E-state index < -0.39 is 41.6 Å². The quantitative estimate of drug-likeness (QED) is 0.154. The number of benzene rings is 3. The van der Waals surface area contributed by atoms with Crippen LogP contribution in [0.3, 0.4) is 0 Å². The lowest BCUT2D eigenvalue weighted by Crippen LogP contribution is -2.52. The van der Waals surface area contributed by atoms with Gasteiger partial charge in [0, 0.05) is 17.8 Å². The van der Waals surface area contributed by atoms with Gasteiger partial charge in [0.25, 0.3) is 5.91 Å². The van der Waals surface area contributed by atoms with Crippen LogP contribution in [-0.4, -0.2) is 46.8 Å². The van der Waals surface area contributed by atoms with Crippen LogP contribution >= 0.6 is 11.3 Å². The van der Waals surface area contributed by atoms with Gasteiger partial charge >= 0.3 is 24.2 Å². The first-order valence-electron chi connectivity index (χ1n) is 14.9. The van der Waals surface area contributed by atoms with E-state index in [9.17, 15) is 31.9 Å². The number of amides is 3. The third kappa shape index (κ3) is 6.90. The number of urea groups is 1. The Hall–Kier alpha value is -5.18. The molecule has 6 rings (SSSR count). The molecule has 4 aromatic rings. The molecule has 2 heterocycles. The van der Waals surface area contributed by atoms with E-state index in [-0.39, 0.29) is 34.9 Å². The number of aliphatic carboxylic acids is 1. The number of allylic oxidation sites excluding steroid dienone is 2. The zero-order valence-corrected chi connectivity index (χ0v) is 25.9. The molecule has 0 atom stereocenters. The molecule has 1 aromatic heterocycles. The van der Waals surface area contributed by atoms with Crippen LogP contribution in [0.1, 0.15) is 53.6 Å². The van der Waals surface area contributed by atoms with Gasteiger partial charge in [0.1, 0.15) is 4.70 Å². The minimum absolute atomic E-state index is 0.00462. The summed E-state index contributed by atoms with van der Waals surface area (Å²) in [6.45, 7) is 0.0206. The number of carboxylic acids is 1. The fraction of sp³-hybridized carbons (Fsp3) is 0.273. The van der Waals surface area contributed by atoms with Crippen LogP contribution in [0, 0.1) is 0 Å². The molecule has 0 radical (unpaired) electrons. The monoisotopic (exact) mass is 684 g/mol. The van der Waals surface area contributed by atoms with E-state index in [4.69, 9.17) is 5.11 Å². The second kappa shape index (κ2) is 13.1. The van der Waals surface area contributed by atoms with Crippen LogP contribution < -0.4 is 25.0 Å². The SMILES string of the molecule is O=C(O)CCNC(=O)c1ccc(CN(C(=O)Nc2nc3ccc4c(c3s2)OC(F)(F)C(F)(F)O4)c2ccc(C3=CCCCC3)cc2)cc1. The predicted octanol–water partition coefficient (Wildman–Crippen LogP) is 7.65. The van der Waals surface area contributed by atoms with Gasteiger partial charge in [0.2, 0.25) is 0 Å². The number of carboxylic acid groups (broad SMARTS) is 1. The number of hydrogen-bond acceptors (Lipinski definition) is 7. The van der Waals surface area contributed by atoms with Gasteiger partial charge in [0.05, 0.1) is 18.5 Å². The lowest BCUT2D eigenvalue weighted by atomic mass is 9.93. The number of alkyl halides is 4. The van der Waals surface area contributed by atoms with Crippen molar-refractivity contribution in [1.29, 1.82) is 0 Å². The summed E-state index contributed by atoms with van der Waals surface area (Å²) in [6, 6.07) is 15.6. The molecule has 10 nitrogen and oxygen atoms in total. The number of carbonyl (C=O) groups excluding carboxylic acids is 2. The molecular formula is C33H28F4N4O6S. The highest BCUT2D eigenvalue weighted by Gasteiger charge is 2.66. The average Bonchev–Trinajstić information content (AvgIpc) is 3.47. The maximum absolute atomic E-state index is 14.0. The fourth-order valence-electron chi connectivity index (χ4n) is 5.29. The first-order chi connectivity index (χ1) is 22.9. The number of nitrogens with zero attached hydrogens (tertiary/aromatic N) is 2. The molecule has 3 N–H and O–H groups in total. The molecule has 3 amide bonds. The summed E-state index contributed by atoms with van der Waals surface area (Å²) in [4.78, 5) is 42.6. The van der Waals surface area contributed by atoms with Crippen molar-refractivity contribution >= 4 is 55.9 Å². The van der Waals surface area contributed by atoms with Crippen LogP contribution in [-0.2, 0) is 11.3 Å². The summed E-state index contributed by atoms with van der Waals surface area (Å²) in [5.74, 6) is -2.68. The Balaban J connectivity index is 1.25. The van der Waals surface area contributed by atoms with Gasteiger partial charge in [-0.05, 0) is 78.8 Å². The molecule has 3 aromatic carbocycles. The van der Waals surface area contributed by atoms with Crippen LogP contribution in [0.2, 0.25) is 0 Å². The van der Waals surface area contributed by atoms with Gasteiger partial charge in [-0.2, -0.15) is 17.6 Å². The number of halogens is 4. The molecule has 0 bridgehead atoms. The minimum Gasteiger partial charge on any atom is -0.481 e. The van der Waals surface area contributed by atoms with Crippen molar-refractivity contribution in [3.63, 3.8) is 0 Å². The van der Waals surface area contributed by atoms with Crippen LogP contribution in [0.5, 0.6) is 11.5 Å². The second-order valence-electron chi connectivity index (χ2n) is 11.1. The maximum atomic E-state index is 14.0. The highest BCUT2D eigenvalue weighted by molar-refractivity contribution is 7.22. The van der Waals surface area contributed by atoms with E-state index >= 15 is 0 Å². The van der Waals surface area contributed by atoms with Gasteiger partial charge in [0.15, 0.2) is 16.6 Å². The number of hydrogen-bond donors (Lipinski definition) is 3. The molecule has 0 saturated heterocycles. The minimum atomic E-state index is -4.92. The van der Waals surface area contributed by atoms with Crippen molar-refractivity contribution in [2.24, 2.45) is 0 Å². The van der Waals surface area contributed by atoms with Crippen molar-refractivity contribution in [3.05, 3.63) is 83.4 Å². The number of ether oxygens (including phenoxy) is 2. The number of rotatable bonds is 9. The summed E-state index contributed by atoms with van der Waals surface area (Å²) >= 11 is 0.753. The summed E-state index contributed by atoms with van der Waals surface area (Å²) in [7, 11) is 0. The average molecular weight is 685 g/mol. The Bertz CT molecular complexity index is 1900. The van der Waals surface area contributed by atoms with Gasteiger partial charge in [-0.15, -0.1) is 0 Å². The summed E-state index contributed by atoms with van der Waals surface area (Å²) in [5, 5.41) is 14.0. The van der Waals surface area contributed by atoms with Crippen molar-refractivity contribution in [1.82, 2.24) is 10.3 Å². The molecule has 2 aliphatic rings. The maximum Gasteiger partial charge on any atom is 0.507 e. The zero-order chi connectivity index (χ0) is 34.1. The lowest BCUT2D eigenvalue weighted by Gasteiger charge is -2.31. The van der Waals surface area contributed by atoms with E-state index in [1.54, 1.807) is 36.4 Å². The molecule has 48 heavy (non-hydrogen) atoms. The molecule has 1 aliphatic heterocycles. The summed E-state index contributed by atoms with van der Waals surface area (Å²) in [6.07, 6.45) is -3.61. The standard InChI is InChI=1S/C33H28F4N4O6S/c34-32(35)33(36,37)47-27-25(46-32)15-14-24-28(27)48-30(39-24)40-31(45)41(23-12-10-21(11-13-23)20-4-2-1-3-5-20)18-19-6-8-22(9-7-19)29(44)38-17-16-26(42)43/h4,6-15H,1-3,5,16-18H2,(H,38,44)(H,42,43)(H,39,40,45). The Morgan fingerprint density at radius 1 is 0.938 bits per heavy atom. The number of aromatic nitrogens is 1. The first-order valence-corrected chi connectivity index (χ1v) is 15.8. The van der Waals surface area contributed by atoms with Crippen LogP contribution in [0.4, 0.5) is 33.2 Å². The van der Waals surface area contributed by atoms with Gasteiger partial charge < -0.3 is 19.9 Å². The van der Waals surface area contributed by atoms with E-state index in [1.807, 2.05) is 12.1 Å². The highest BCUT2D eigenvalue weighted by atomic mass is 32.1. The van der Waals surface area contributed by atoms with Crippen LogP contribution in [0.15, 0.2) is 66.7 Å². The zero-order valence-electron chi connectivity index (χ0n) is 25.1. The summed E-state index contributed by atoms with van der Waals surface area (Å²) < 4.78 is 63.9. The molecule has 15 heteroatoms. The number of nitrogens with one attached hydrogen (secondary N) is 2. The number of thiazole rings is 1. The molecule has 0 spiro atoms. The van der Waals surface area contributed by atoms with E-state index in [2.05, 4.69) is 31.2 Å². The highest BCUT2D eigenvalue weighted by Crippen LogP contribution is 2.51. The smallest absolute Gasteiger partial charge is 0.481 e. The van der Waals surface area contributed by atoms with E-state index in [1.165, 1.54) is 16.5 Å². The molecular weight excluding hydrogens is 656 g/mol. The van der Waals surface area contributed by atoms with Crippen molar-refractivity contribution in [2.45, 2.75) is 50.9 Å². The number of carbonyl (C=O) groups is 3. The molecule has 0 fully saturated rings. The van der Waals surface area contributed by atoms with Gasteiger partial charge in [-0.1, -0.05) is 41.7 Å². The van der Waals surface area contributed by atoms with Crippen molar-refractivity contribution in [3.8, 4) is 11.5 Å². The first kappa shape index (κ1) is 32.7. The third-order valence-electron chi connectivity index (χ3n) is 7.76. The van der Waals surface area contributed by atoms with Gasteiger partial charge in [-0.25, -0.2) is 9.78 Å². The predicted molar refractivity (Wildman–Crippen MR) is 170 cm³/mol. The Kier molecular flexibility index (Phi) is 8.97. The lowest BCUT2D eigenvalue weighted by molar-refractivity contribution is -0.391. The molecule has 0 saturated carbocycles. The van der Waals surface area contributed by atoms with E-state index in [0.29, 0.717) is 16.8 Å². The Morgan fingerprint density at radius 2 is 1.67 bits per heavy atom. The number of anilines is 2. The van der Waals surface area contributed by atoms with Crippen molar-refractivity contribution in [2.75, 3.05) is 16.8 Å². The fourth-order valence-corrected chi connectivity index (χ4v) is 6.22. The number of fused-ring (bicyclic) bond motifs is 3. The van der Waals surface area contributed by atoms with Gasteiger partial charge in [-0.3, -0.25) is 19.8 Å². The summed E-state index contributed by atoms with van der Waals surface area (Å²) in [5.41, 5.74) is 3.87. The van der Waals surface area contributed by atoms with E-state index in [0.717, 1.165) is 48.6 Å².